The van der Waals surface area contributed by atoms with Crippen LogP contribution in [0, 0.1) is 5.92 Å². The highest BCUT2D eigenvalue weighted by Crippen LogP contribution is 2.26. The van der Waals surface area contributed by atoms with Gasteiger partial charge in [-0.05, 0) is 30.9 Å². The number of pyridine rings is 1. The Hall–Kier alpha value is -1.99. The number of hydrogen-bond donors (Lipinski definition) is 3. The van der Waals surface area contributed by atoms with Crippen LogP contribution < -0.4 is 10.6 Å². The van der Waals surface area contributed by atoms with Gasteiger partial charge in [-0.1, -0.05) is 19.3 Å². The number of nitrogens with one attached hydrogen (secondary N) is 2. The highest BCUT2D eigenvalue weighted by molar-refractivity contribution is 7.13. The molecular weight excluding hydrogens is 336 g/mol. The van der Waals surface area contributed by atoms with E-state index in [1.807, 2.05) is 12.1 Å². The van der Waals surface area contributed by atoms with E-state index in [9.17, 15) is 4.79 Å². The molecule has 0 saturated heterocycles. The zero-order valence-corrected chi connectivity index (χ0v) is 15.0. The lowest BCUT2D eigenvalue weighted by Gasteiger charge is -2.22. The van der Waals surface area contributed by atoms with Crippen LogP contribution in [0.15, 0.2) is 23.7 Å². The molecular formula is C18H24N4O2S. The number of aliphatic hydroxyl groups excluding tert-OH is 1. The Morgan fingerprint density at radius 3 is 2.96 bits per heavy atom. The number of anilines is 1. The van der Waals surface area contributed by atoms with Crippen molar-refractivity contribution in [3.8, 4) is 10.6 Å². The zero-order valence-electron chi connectivity index (χ0n) is 14.2. The van der Waals surface area contributed by atoms with E-state index in [0.29, 0.717) is 5.69 Å². The molecule has 0 radical (unpaired) electrons. The van der Waals surface area contributed by atoms with Gasteiger partial charge in [0.05, 0.1) is 6.61 Å². The average Bonchev–Trinajstić information content (AvgIpc) is 3.16. The van der Waals surface area contributed by atoms with Gasteiger partial charge in [-0.15, -0.1) is 11.3 Å². The number of thiazole rings is 1. The van der Waals surface area contributed by atoms with Gasteiger partial charge in [-0.2, -0.15) is 0 Å². The Morgan fingerprint density at radius 1 is 1.32 bits per heavy atom. The van der Waals surface area contributed by atoms with E-state index >= 15 is 0 Å². The lowest BCUT2D eigenvalue weighted by atomic mass is 9.89. The molecule has 134 valence electrons. The highest BCUT2D eigenvalue weighted by atomic mass is 32.1. The number of carbonyl (C=O) groups is 1. The van der Waals surface area contributed by atoms with Crippen molar-refractivity contribution in [3.63, 3.8) is 0 Å². The standard InChI is InChI=1S/C18H24N4O2S/c23-9-8-20-17(24)15-12-25-18(22-15)14-6-7-19-16(10-14)21-11-13-4-2-1-3-5-13/h6-7,10,12-13,23H,1-5,8-9,11H2,(H,19,21)(H,20,24). The predicted octanol–water partition coefficient (Wildman–Crippen LogP) is 2.92. The molecule has 6 nitrogen and oxygen atoms in total. The summed E-state index contributed by atoms with van der Waals surface area (Å²) in [5, 5.41) is 17.3. The minimum Gasteiger partial charge on any atom is -0.395 e. The van der Waals surface area contributed by atoms with E-state index in [4.69, 9.17) is 5.11 Å². The van der Waals surface area contributed by atoms with Gasteiger partial charge in [0, 0.05) is 30.2 Å². The van der Waals surface area contributed by atoms with Gasteiger partial charge in [0.2, 0.25) is 0 Å². The Morgan fingerprint density at radius 2 is 2.16 bits per heavy atom. The summed E-state index contributed by atoms with van der Waals surface area (Å²) in [6, 6.07) is 3.89. The van der Waals surface area contributed by atoms with E-state index in [2.05, 4.69) is 20.6 Å². The third-order valence-electron chi connectivity index (χ3n) is 4.44. The summed E-state index contributed by atoms with van der Waals surface area (Å²) in [6.07, 6.45) is 8.39. The SMILES string of the molecule is O=C(NCCO)c1csc(-c2ccnc(NCC3CCCCC3)c2)n1. The predicted molar refractivity (Wildman–Crippen MR) is 99.8 cm³/mol. The van der Waals surface area contributed by atoms with Crippen molar-refractivity contribution in [1.29, 1.82) is 0 Å². The molecule has 0 unspecified atom stereocenters. The smallest absolute Gasteiger partial charge is 0.270 e. The van der Waals surface area contributed by atoms with Gasteiger partial charge in [0.25, 0.3) is 5.91 Å². The molecule has 2 aromatic heterocycles. The van der Waals surface area contributed by atoms with Crippen LogP contribution >= 0.6 is 11.3 Å². The molecule has 1 saturated carbocycles. The van der Waals surface area contributed by atoms with Crippen LogP contribution in [0.25, 0.3) is 10.6 Å². The topological polar surface area (TPSA) is 87.1 Å². The van der Waals surface area contributed by atoms with Crippen molar-refractivity contribution < 1.29 is 9.90 Å². The van der Waals surface area contributed by atoms with Crippen LogP contribution in [0.4, 0.5) is 5.82 Å². The van der Waals surface area contributed by atoms with Crippen molar-refractivity contribution in [1.82, 2.24) is 15.3 Å². The van der Waals surface area contributed by atoms with Crippen LogP contribution in [-0.2, 0) is 0 Å². The summed E-state index contributed by atoms with van der Waals surface area (Å²) in [7, 11) is 0. The molecule has 7 heteroatoms. The zero-order chi connectivity index (χ0) is 17.5. The first-order valence-electron chi connectivity index (χ1n) is 8.81. The summed E-state index contributed by atoms with van der Waals surface area (Å²) < 4.78 is 0. The first kappa shape index (κ1) is 17.8. The number of aromatic nitrogens is 2. The number of hydrogen-bond acceptors (Lipinski definition) is 6. The van der Waals surface area contributed by atoms with E-state index in [1.165, 1.54) is 43.4 Å². The van der Waals surface area contributed by atoms with Crippen molar-refractivity contribution in [3.05, 3.63) is 29.4 Å². The van der Waals surface area contributed by atoms with E-state index in [-0.39, 0.29) is 19.1 Å². The molecule has 3 rings (SSSR count). The fourth-order valence-corrected chi connectivity index (χ4v) is 3.87. The third kappa shape index (κ3) is 4.99. The normalized spacial score (nSPS) is 15.1. The minimum atomic E-state index is -0.263. The molecule has 0 atom stereocenters. The van der Waals surface area contributed by atoms with Crippen LogP contribution in [0.2, 0.25) is 0 Å². The maximum atomic E-state index is 11.9. The molecule has 0 bridgehead atoms. The molecule has 0 aliphatic heterocycles. The van der Waals surface area contributed by atoms with Crippen molar-refractivity contribution in [2.45, 2.75) is 32.1 Å². The number of rotatable bonds is 7. The second-order valence-electron chi connectivity index (χ2n) is 6.33. The Kier molecular flexibility index (Phi) is 6.36. The minimum absolute atomic E-state index is 0.0802. The second kappa shape index (κ2) is 8.92. The Balaban J connectivity index is 1.62. The summed E-state index contributed by atoms with van der Waals surface area (Å²) in [4.78, 5) is 20.7. The van der Waals surface area contributed by atoms with Crippen molar-refractivity contribution in [2.24, 2.45) is 5.92 Å². The lowest BCUT2D eigenvalue weighted by Crippen LogP contribution is -2.26. The Labute approximate surface area is 151 Å². The molecule has 1 amide bonds. The summed E-state index contributed by atoms with van der Waals surface area (Å²) >= 11 is 1.43. The summed E-state index contributed by atoms with van der Waals surface area (Å²) in [5.74, 6) is 1.33. The van der Waals surface area contributed by atoms with Gasteiger partial charge in [0.1, 0.15) is 16.5 Å². The molecule has 1 fully saturated rings. The van der Waals surface area contributed by atoms with Gasteiger partial charge in [-0.25, -0.2) is 9.97 Å². The van der Waals surface area contributed by atoms with Gasteiger partial charge in [0.15, 0.2) is 0 Å². The van der Waals surface area contributed by atoms with Crippen LogP contribution in [0.5, 0.6) is 0 Å². The maximum absolute atomic E-state index is 11.9. The van der Waals surface area contributed by atoms with E-state index < -0.39 is 0 Å². The molecule has 1 aliphatic carbocycles. The van der Waals surface area contributed by atoms with Crippen molar-refractivity contribution in [2.75, 3.05) is 25.0 Å². The number of nitrogens with zero attached hydrogens (tertiary/aromatic N) is 2. The monoisotopic (exact) mass is 360 g/mol. The molecule has 25 heavy (non-hydrogen) atoms. The van der Waals surface area contributed by atoms with Crippen molar-refractivity contribution >= 4 is 23.1 Å². The molecule has 2 aromatic rings. The quantitative estimate of drug-likeness (QED) is 0.707. The third-order valence-corrected chi connectivity index (χ3v) is 5.33. The second-order valence-corrected chi connectivity index (χ2v) is 7.19. The summed E-state index contributed by atoms with van der Waals surface area (Å²) in [6.45, 7) is 1.11. The van der Waals surface area contributed by atoms with E-state index in [0.717, 1.165) is 28.9 Å². The highest BCUT2D eigenvalue weighted by Gasteiger charge is 2.14. The first-order chi connectivity index (χ1) is 12.3. The van der Waals surface area contributed by atoms with E-state index in [1.54, 1.807) is 11.6 Å². The molecule has 2 heterocycles. The van der Waals surface area contributed by atoms with Crippen LogP contribution in [-0.4, -0.2) is 40.7 Å². The largest absolute Gasteiger partial charge is 0.395 e. The fraction of sp³-hybridized carbons (Fsp3) is 0.500. The van der Waals surface area contributed by atoms with Gasteiger partial charge < -0.3 is 15.7 Å². The average molecular weight is 360 g/mol. The number of carbonyl (C=O) groups excluding carboxylic acids is 1. The van der Waals surface area contributed by atoms with Gasteiger partial charge >= 0.3 is 0 Å². The molecule has 1 aliphatic rings. The maximum Gasteiger partial charge on any atom is 0.270 e. The molecule has 3 N–H and O–H groups in total. The summed E-state index contributed by atoms with van der Waals surface area (Å²) in [5.41, 5.74) is 1.33. The fourth-order valence-electron chi connectivity index (χ4n) is 3.07. The number of aliphatic hydroxyl groups is 1. The van der Waals surface area contributed by atoms with Crippen LogP contribution in [0.3, 0.4) is 0 Å². The Bertz CT molecular complexity index is 698. The molecule has 0 spiro atoms. The van der Waals surface area contributed by atoms with Gasteiger partial charge in [-0.3, -0.25) is 4.79 Å². The first-order valence-corrected chi connectivity index (χ1v) is 9.69. The lowest BCUT2D eigenvalue weighted by molar-refractivity contribution is 0.0940. The van der Waals surface area contributed by atoms with Crippen LogP contribution in [0.1, 0.15) is 42.6 Å². The number of amides is 1. The molecule has 0 aromatic carbocycles.